The van der Waals surface area contributed by atoms with Crippen molar-refractivity contribution in [2.75, 3.05) is 40.6 Å². The highest BCUT2D eigenvalue weighted by Gasteiger charge is 2.16. The van der Waals surface area contributed by atoms with Crippen LogP contribution in [-0.4, -0.2) is 50.6 Å². The first-order valence-electron chi connectivity index (χ1n) is 8.98. The average Bonchev–Trinajstić information content (AvgIpc) is 2.74. The number of ether oxygens (including phenoxy) is 4. The van der Waals surface area contributed by atoms with Crippen LogP contribution in [-0.2, 0) is 9.47 Å². The van der Waals surface area contributed by atoms with Gasteiger partial charge in [-0.15, -0.1) is 6.42 Å². The number of methoxy groups -OCH3 is 2. The highest BCUT2D eigenvalue weighted by molar-refractivity contribution is 5.94. The molecule has 0 aliphatic rings. The molecule has 0 atom stereocenters. The van der Waals surface area contributed by atoms with Crippen LogP contribution in [0, 0.1) is 18.4 Å². The fraction of sp³-hybridized carbons (Fsp3) is 0.273. The lowest BCUT2D eigenvalue weighted by Gasteiger charge is -2.15. The van der Waals surface area contributed by atoms with Crippen molar-refractivity contribution in [3.63, 3.8) is 0 Å². The Labute approximate surface area is 168 Å². The van der Waals surface area contributed by atoms with Gasteiger partial charge < -0.3 is 18.9 Å². The second-order valence-electron chi connectivity index (χ2n) is 6.07. The van der Waals surface area contributed by atoms with Crippen molar-refractivity contribution in [2.45, 2.75) is 0 Å². The van der Waals surface area contributed by atoms with Crippen LogP contribution in [0.1, 0.15) is 5.56 Å². The van der Waals surface area contributed by atoms with E-state index in [9.17, 15) is 4.39 Å². The second kappa shape index (κ2) is 9.82. The fourth-order valence-corrected chi connectivity index (χ4v) is 2.78. The van der Waals surface area contributed by atoms with Crippen molar-refractivity contribution in [2.24, 2.45) is 0 Å². The topological polar surface area (TPSA) is 62.7 Å². The number of terminal acetylenes is 1. The minimum Gasteiger partial charge on any atom is -0.487 e. The van der Waals surface area contributed by atoms with E-state index in [1.807, 2.05) is 6.07 Å². The van der Waals surface area contributed by atoms with Crippen LogP contribution < -0.4 is 9.47 Å². The minimum absolute atomic E-state index is 0.313. The maximum absolute atomic E-state index is 14.2. The predicted octanol–water partition coefficient (Wildman–Crippen LogP) is 3.47. The van der Waals surface area contributed by atoms with Gasteiger partial charge in [0.05, 0.1) is 24.4 Å². The molecule has 0 saturated carbocycles. The molecule has 150 valence electrons. The lowest BCUT2D eigenvalue weighted by molar-refractivity contribution is 0.132. The molecule has 0 bridgehead atoms. The number of aromatic nitrogens is 2. The van der Waals surface area contributed by atoms with Crippen molar-refractivity contribution >= 4 is 10.9 Å². The van der Waals surface area contributed by atoms with Crippen molar-refractivity contribution < 1.29 is 23.3 Å². The average molecular weight is 396 g/mol. The molecule has 0 unspecified atom stereocenters. The minimum atomic E-state index is -0.838. The summed E-state index contributed by atoms with van der Waals surface area (Å²) in [5, 5.41) is 0.618. The Balaban J connectivity index is 2.12. The molecule has 0 fully saturated rings. The predicted molar refractivity (Wildman–Crippen MR) is 108 cm³/mol. The Kier molecular flexibility index (Phi) is 6.95. The highest BCUT2D eigenvalue weighted by atomic mass is 19.1. The highest BCUT2D eigenvalue weighted by Crippen LogP contribution is 2.36. The van der Waals surface area contributed by atoms with E-state index in [0.717, 1.165) is 0 Å². The van der Waals surface area contributed by atoms with Gasteiger partial charge in [0.25, 0.3) is 0 Å². The van der Waals surface area contributed by atoms with Crippen LogP contribution in [0.2, 0.25) is 0 Å². The molecule has 6 nitrogen and oxygen atoms in total. The molecule has 0 saturated heterocycles. The van der Waals surface area contributed by atoms with Gasteiger partial charge in [-0.1, -0.05) is 18.1 Å². The summed E-state index contributed by atoms with van der Waals surface area (Å²) < 4.78 is 35.8. The zero-order valence-electron chi connectivity index (χ0n) is 16.3. The van der Waals surface area contributed by atoms with Crippen LogP contribution in [0.5, 0.6) is 11.5 Å². The Morgan fingerprint density at radius 2 is 1.62 bits per heavy atom. The van der Waals surface area contributed by atoms with Crippen LogP contribution in [0.4, 0.5) is 4.39 Å². The fourth-order valence-electron chi connectivity index (χ4n) is 2.78. The summed E-state index contributed by atoms with van der Waals surface area (Å²) in [5.74, 6) is 3.49. The van der Waals surface area contributed by atoms with Crippen LogP contribution >= 0.6 is 0 Å². The Morgan fingerprint density at radius 3 is 2.28 bits per heavy atom. The Hall–Kier alpha value is -3.21. The monoisotopic (exact) mass is 396 g/mol. The molecular formula is C22H21FN2O4. The quantitative estimate of drug-likeness (QED) is 0.314. The van der Waals surface area contributed by atoms with E-state index in [1.165, 1.54) is 0 Å². The first-order chi connectivity index (χ1) is 14.2. The van der Waals surface area contributed by atoms with Gasteiger partial charge in [0, 0.05) is 36.8 Å². The summed E-state index contributed by atoms with van der Waals surface area (Å²) in [5.41, 5.74) is 2.17. The lowest BCUT2D eigenvalue weighted by Crippen LogP contribution is -2.09. The third kappa shape index (κ3) is 4.99. The van der Waals surface area contributed by atoms with E-state index in [0.29, 0.717) is 65.7 Å². The van der Waals surface area contributed by atoms with Crippen LogP contribution in [0.3, 0.4) is 0 Å². The molecule has 29 heavy (non-hydrogen) atoms. The molecule has 2 aromatic carbocycles. The number of rotatable bonds is 9. The molecular weight excluding hydrogens is 375 g/mol. The Bertz CT molecular complexity index is 1030. The van der Waals surface area contributed by atoms with Crippen molar-refractivity contribution in [1.29, 1.82) is 0 Å². The standard InChI is InChI=1S/C22H21FN2O4/c1-4-15-6-5-7-16(12-15)21-17-13-19(28-10-8-26-2)20(29-11-9-27-3)14-18(17)24-22(23)25-21/h1,5-7,12-14H,8-11H2,2-3H3. The zero-order valence-corrected chi connectivity index (χ0v) is 16.3. The summed E-state index contributed by atoms with van der Waals surface area (Å²) in [7, 11) is 3.17. The number of benzene rings is 2. The normalized spacial score (nSPS) is 10.7. The van der Waals surface area contributed by atoms with Gasteiger partial charge in [0.15, 0.2) is 11.5 Å². The van der Waals surface area contributed by atoms with E-state index in [2.05, 4.69) is 15.9 Å². The smallest absolute Gasteiger partial charge is 0.309 e. The molecule has 1 aromatic heterocycles. The van der Waals surface area contributed by atoms with Gasteiger partial charge in [-0.2, -0.15) is 4.39 Å². The van der Waals surface area contributed by atoms with E-state index in [1.54, 1.807) is 44.6 Å². The zero-order chi connectivity index (χ0) is 20.6. The van der Waals surface area contributed by atoms with Gasteiger partial charge in [-0.3, -0.25) is 0 Å². The van der Waals surface area contributed by atoms with E-state index < -0.39 is 6.08 Å². The molecule has 3 aromatic rings. The van der Waals surface area contributed by atoms with Crippen molar-refractivity contribution in [3.05, 3.63) is 48.0 Å². The van der Waals surface area contributed by atoms with E-state index in [4.69, 9.17) is 25.4 Å². The van der Waals surface area contributed by atoms with Crippen LogP contribution in [0.15, 0.2) is 36.4 Å². The molecule has 0 aliphatic heterocycles. The molecule has 0 radical (unpaired) electrons. The first-order valence-corrected chi connectivity index (χ1v) is 8.98. The molecule has 0 spiro atoms. The van der Waals surface area contributed by atoms with Crippen LogP contribution in [0.25, 0.3) is 22.2 Å². The number of nitrogens with zero attached hydrogens (tertiary/aromatic N) is 2. The van der Waals surface area contributed by atoms with Gasteiger partial charge in [0.1, 0.15) is 13.2 Å². The SMILES string of the molecule is C#Cc1cccc(-c2nc(F)nc3cc(OCCOC)c(OCCOC)cc23)c1. The van der Waals surface area contributed by atoms with Gasteiger partial charge >= 0.3 is 6.08 Å². The molecule has 0 N–H and O–H groups in total. The third-order valence-electron chi connectivity index (χ3n) is 4.13. The summed E-state index contributed by atoms with van der Waals surface area (Å²) >= 11 is 0. The Morgan fingerprint density at radius 1 is 0.931 bits per heavy atom. The van der Waals surface area contributed by atoms with Crippen molar-refractivity contribution in [3.8, 4) is 35.1 Å². The molecule has 7 heteroatoms. The number of hydrogen-bond donors (Lipinski definition) is 0. The summed E-state index contributed by atoms with van der Waals surface area (Å²) in [6.45, 7) is 1.45. The summed E-state index contributed by atoms with van der Waals surface area (Å²) in [6.07, 6.45) is 4.66. The maximum Gasteiger partial charge on any atom is 0.309 e. The third-order valence-corrected chi connectivity index (χ3v) is 4.13. The maximum atomic E-state index is 14.2. The number of hydrogen-bond acceptors (Lipinski definition) is 6. The van der Waals surface area contributed by atoms with Gasteiger partial charge in [-0.25, -0.2) is 9.97 Å². The summed E-state index contributed by atoms with van der Waals surface area (Å²) in [4.78, 5) is 7.92. The van der Waals surface area contributed by atoms with Crippen molar-refractivity contribution in [1.82, 2.24) is 9.97 Å². The van der Waals surface area contributed by atoms with Gasteiger partial charge in [-0.05, 0) is 18.2 Å². The molecule has 0 amide bonds. The number of halogens is 1. The van der Waals surface area contributed by atoms with E-state index in [-0.39, 0.29) is 0 Å². The summed E-state index contributed by atoms with van der Waals surface area (Å²) in [6, 6.07) is 10.6. The number of fused-ring (bicyclic) bond motifs is 1. The van der Waals surface area contributed by atoms with Gasteiger partial charge in [0.2, 0.25) is 0 Å². The lowest BCUT2D eigenvalue weighted by atomic mass is 10.0. The van der Waals surface area contributed by atoms with E-state index >= 15 is 0 Å². The largest absolute Gasteiger partial charge is 0.487 e. The molecule has 1 heterocycles. The first kappa shape index (κ1) is 20.5. The molecule has 3 rings (SSSR count). The second-order valence-corrected chi connectivity index (χ2v) is 6.07. The molecule has 0 aliphatic carbocycles.